The summed E-state index contributed by atoms with van der Waals surface area (Å²) in [5.41, 5.74) is 9.44. The van der Waals surface area contributed by atoms with Crippen molar-refractivity contribution in [2.45, 2.75) is 6.17 Å². The average molecular weight is 349 g/mol. The summed E-state index contributed by atoms with van der Waals surface area (Å²) in [5, 5.41) is 4.43. The molecule has 0 aliphatic carbocycles. The average Bonchev–Trinajstić information content (AvgIpc) is 2.98. The monoisotopic (exact) mass is 348 g/mol. The summed E-state index contributed by atoms with van der Waals surface area (Å²) in [4.78, 5) is 13.7. The molecule has 1 aliphatic heterocycles. The molecule has 0 saturated carbocycles. The van der Waals surface area contributed by atoms with E-state index in [9.17, 15) is 0 Å². The lowest BCUT2D eigenvalue weighted by atomic mass is 10.1. The Morgan fingerprint density at radius 1 is 1.00 bits per heavy atom. The number of benzene rings is 2. The van der Waals surface area contributed by atoms with Gasteiger partial charge in [0.1, 0.15) is 5.15 Å². The number of rotatable bonds is 1. The van der Waals surface area contributed by atoms with Gasteiger partial charge in [-0.2, -0.15) is 0 Å². The summed E-state index contributed by atoms with van der Waals surface area (Å²) in [5.74, 6) is 0.944. The van der Waals surface area contributed by atoms with Crippen molar-refractivity contribution >= 4 is 45.4 Å². The molecule has 25 heavy (non-hydrogen) atoms. The Kier molecular flexibility index (Phi) is 2.96. The van der Waals surface area contributed by atoms with E-state index in [1.165, 1.54) is 0 Å². The molecule has 1 atom stereocenters. The standard InChI is InChI=1S/C18H13ClN6/c19-15-11(9-10-5-1-2-6-12(10)21-15)16-23-17(20)24-18-22-13-7-3-4-8-14(13)25(16)18/h1-9,16H,(H3,20,22,23,24). The van der Waals surface area contributed by atoms with Crippen LogP contribution in [0.3, 0.4) is 0 Å². The topological polar surface area (TPSA) is 81.1 Å². The van der Waals surface area contributed by atoms with E-state index in [-0.39, 0.29) is 0 Å². The lowest BCUT2D eigenvalue weighted by molar-refractivity contribution is 0.625. The van der Waals surface area contributed by atoms with E-state index in [4.69, 9.17) is 17.3 Å². The molecule has 7 heteroatoms. The molecule has 5 rings (SSSR count). The zero-order valence-electron chi connectivity index (χ0n) is 13.0. The Morgan fingerprint density at radius 3 is 2.64 bits per heavy atom. The van der Waals surface area contributed by atoms with Gasteiger partial charge in [0.2, 0.25) is 5.95 Å². The molecule has 0 saturated heterocycles. The SMILES string of the molecule is NC1=NC(c2cc3ccccc3nc2Cl)n2c(nc3ccccc32)N1. The maximum Gasteiger partial charge on any atom is 0.212 e. The number of guanidine groups is 1. The normalized spacial score (nSPS) is 16.5. The van der Waals surface area contributed by atoms with Gasteiger partial charge in [0, 0.05) is 10.9 Å². The minimum absolute atomic E-state index is 0.303. The van der Waals surface area contributed by atoms with Gasteiger partial charge >= 0.3 is 0 Å². The molecular formula is C18H13ClN6. The summed E-state index contributed by atoms with van der Waals surface area (Å²) in [6.45, 7) is 0. The highest BCUT2D eigenvalue weighted by molar-refractivity contribution is 6.30. The van der Waals surface area contributed by atoms with Gasteiger partial charge in [0.05, 0.1) is 16.6 Å². The molecule has 1 aliphatic rings. The Hall–Kier alpha value is -3.12. The van der Waals surface area contributed by atoms with Gasteiger partial charge in [-0.25, -0.2) is 15.0 Å². The fourth-order valence-corrected chi connectivity index (χ4v) is 3.46. The lowest BCUT2D eigenvalue weighted by Crippen LogP contribution is -2.31. The molecule has 2 aromatic carbocycles. The van der Waals surface area contributed by atoms with Gasteiger partial charge in [-0.3, -0.25) is 9.88 Å². The largest absolute Gasteiger partial charge is 0.370 e. The third kappa shape index (κ3) is 2.15. The van der Waals surface area contributed by atoms with Crippen molar-refractivity contribution < 1.29 is 0 Å². The zero-order valence-corrected chi connectivity index (χ0v) is 13.8. The third-order valence-corrected chi connectivity index (χ3v) is 4.63. The van der Waals surface area contributed by atoms with E-state index < -0.39 is 6.17 Å². The predicted octanol–water partition coefficient (Wildman–Crippen LogP) is 3.53. The van der Waals surface area contributed by atoms with Gasteiger partial charge in [-0.05, 0) is 24.3 Å². The van der Waals surface area contributed by atoms with Gasteiger partial charge in [0.25, 0.3) is 0 Å². The molecule has 0 radical (unpaired) electrons. The van der Waals surface area contributed by atoms with Crippen LogP contribution in [0.1, 0.15) is 11.7 Å². The van der Waals surface area contributed by atoms with Crippen LogP contribution in [0.4, 0.5) is 5.95 Å². The molecule has 0 bridgehead atoms. The molecule has 0 amide bonds. The van der Waals surface area contributed by atoms with Crippen LogP contribution in [0.5, 0.6) is 0 Å². The molecule has 122 valence electrons. The Bertz CT molecular complexity index is 1160. The number of aliphatic imine (C=N–C) groups is 1. The van der Waals surface area contributed by atoms with Crippen molar-refractivity contribution in [2.24, 2.45) is 10.7 Å². The number of para-hydroxylation sites is 3. The number of pyridine rings is 1. The van der Waals surface area contributed by atoms with Crippen molar-refractivity contribution in [1.29, 1.82) is 0 Å². The number of hydrogen-bond donors (Lipinski definition) is 2. The summed E-state index contributed by atoms with van der Waals surface area (Å²) in [6.07, 6.45) is -0.423. The summed E-state index contributed by atoms with van der Waals surface area (Å²) in [6, 6.07) is 17.7. The lowest BCUT2D eigenvalue weighted by Gasteiger charge is -2.24. The number of anilines is 1. The van der Waals surface area contributed by atoms with E-state index in [0.717, 1.165) is 27.5 Å². The van der Waals surface area contributed by atoms with E-state index in [0.29, 0.717) is 17.1 Å². The van der Waals surface area contributed by atoms with Crippen LogP contribution in [0, 0.1) is 0 Å². The number of halogens is 1. The molecule has 2 aromatic heterocycles. The predicted molar refractivity (Wildman–Crippen MR) is 99.9 cm³/mol. The summed E-state index contributed by atoms with van der Waals surface area (Å²) in [7, 11) is 0. The number of nitrogens with one attached hydrogen (secondary N) is 1. The number of aromatic nitrogens is 3. The van der Waals surface area contributed by atoms with Crippen LogP contribution in [-0.4, -0.2) is 20.5 Å². The van der Waals surface area contributed by atoms with Crippen LogP contribution in [0.25, 0.3) is 21.9 Å². The molecular weight excluding hydrogens is 336 g/mol. The van der Waals surface area contributed by atoms with E-state index >= 15 is 0 Å². The van der Waals surface area contributed by atoms with Crippen molar-refractivity contribution in [3.05, 3.63) is 65.3 Å². The Balaban J connectivity index is 1.79. The first-order valence-corrected chi connectivity index (χ1v) is 8.21. The third-order valence-electron chi connectivity index (χ3n) is 4.32. The number of nitrogens with two attached hydrogens (primary N) is 1. The molecule has 0 fully saturated rings. The van der Waals surface area contributed by atoms with Crippen molar-refractivity contribution in [2.75, 3.05) is 5.32 Å². The Labute approximate surface area is 148 Å². The van der Waals surface area contributed by atoms with Crippen LogP contribution < -0.4 is 11.1 Å². The smallest absolute Gasteiger partial charge is 0.212 e. The second-order valence-corrected chi connectivity index (χ2v) is 6.23. The minimum atomic E-state index is -0.423. The highest BCUT2D eigenvalue weighted by atomic mass is 35.5. The summed E-state index contributed by atoms with van der Waals surface area (Å²) >= 11 is 6.49. The highest BCUT2D eigenvalue weighted by Crippen LogP contribution is 2.35. The molecule has 0 spiro atoms. The summed E-state index contributed by atoms with van der Waals surface area (Å²) < 4.78 is 1.99. The van der Waals surface area contributed by atoms with Gasteiger partial charge < -0.3 is 5.73 Å². The Morgan fingerprint density at radius 2 is 1.76 bits per heavy atom. The van der Waals surface area contributed by atoms with Gasteiger partial charge in [0.15, 0.2) is 12.1 Å². The fraction of sp³-hybridized carbons (Fsp3) is 0.0556. The van der Waals surface area contributed by atoms with Crippen LogP contribution in [0.2, 0.25) is 5.15 Å². The van der Waals surface area contributed by atoms with Crippen molar-refractivity contribution in [3.8, 4) is 0 Å². The van der Waals surface area contributed by atoms with Crippen molar-refractivity contribution in [1.82, 2.24) is 14.5 Å². The zero-order chi connectivity index (χ0) is 17.0. The maximum atomic E-state index is 6.49. The first-order valence-electron chi connectivity index (χ1n) is 7.83. The molecule has 3 N–H and O–H groups in total. The van der Waals surface area contributed by atoms with Crippen molar-refractivity contribution in [3.63, 3.8) is 0 Å². The molecule has 3 heterocycles. The molecule has 6 nitrogen and oxygen atoms in total. The van der Waals surface area contributed by atoms with Gasteiger partial charge in [-0.15, -0.1) is 0 Å². The number of hydrogen-bond acceptors (Lipinski definition) is 5. The van der Waals surface area contributed by atoms with Crippen LogP contribution >= 0.6 is 11.6 Å². The van der Waals surface area contributed by atoms with E-state index in [1.807, 2.05) is 59.2 Å². The molecule has 1 unspecified atom stereocenters. The fourth-order valence-electron chi connectivity index (χ4n) is 3.22. The second-order valence-electron chi connectivity index (χ2n) is 5.87. The number of nitrogens with zero attached hydrogens (tertiary/aromatic N) is 4. The quantitative estimate of drug-likeness (QED) is 0.516. The minimum Gasteiger partial charge on any atom is -0.370 e. The maximum absolute atomic E-state index is 6.49. The van der Waals surface area contributed by atoms with E-state index in [1.54, 1.807) is 0 Å². The van der Waals surface area contributed by atoms with Crippen LogP contribution in [-0.2, 0) is 0 Å². The molecule has 4 aromatic rings. The number of fused-ring (bicyclic) bond motifs is 4. The first kappa shape index (κ1) is 14.2. The highest BCUT2D eigenvalue weighted by Gasteiger charge is 2.27. The van der Waals surface area contributed by atoms with Crippen LogP contribution in [0.15, 0.2) is 59.6 Å². The van der Waals surface area contributed by atoms with E-state index in [2.05, 4.69) is 20.3 Å². The van der Waals surface area contributed by atoms with Gasteiger partial charge in [-0.1, -0.05) is 41.9 Å². The first-order chi connectivity index (χ1) is 12.2. The second kappa shape index (κ2) is 5.19. The number of imidazole rings is 1.